The maximum atomic E-state index is 11.7. The molecule has 0 fully saturated rings. The molecule has 0 aromatic heterocycles. The van der Waals surface area contributed by atoms with Gasteiger partial charge in [0.15, 0.2) is 6.61 Å². The van der Waals surface area contributed by atoms with E-state index < -0.39 is 10.8 Å². The average molecular weight is 357 g/mol. The summed E-state index contributed by atoms with van der Waals surface area (Å²) in [5.41, 5.74) is 3.33. The van der Waals surface area contributed by atoms with E-state index in [1.54, 1.807) is 12.1 Å². The van der Waals surface area contributed by atoms with E-state index in [4.69, 9.17) is 4.74 Å². The fourth-order valence-corrected chi connectivity index (χ4v) is 2.06. The number of hydrogen-bond donors (Lipinski definition) is 2. The van der Waals surface area contributed by atoms with Crippen LogP contribution in [0.1, 0.15) is 30.9 Å². The molecule has 0 bridgehead atoms. The van der Waals surface area contributed by atoms with Gasteiger partial charge in [-0.3, -0.25) is 14.9 Å². The van der Waals surface area contributed by atoms with Crippen LogP contribution in [0.5, 0.6) is 11.5 Å². The quantitative estimate of drug-likeness (QED) is 0.449. The Bertz CT molecular complexity index is 816. The van der Waals surface area contributed by atoms with E-state index >= 15 is 0 Å². The number of amides is 1. The number of nitrogens with zero attached hydrogens (tertiary/aromatic N) is 2. The SMILES string of the molecule is CC(C)c1ccc(OCC(=O)N/N=C\c2cc([N+](=O)[O-])ccc2O)cc1. The van der Waals surface area contributed by atoms with Gasteiger partial charge in [0.2, 0.25) is 0 Å². The van der Waals surface area contributed by atoms with Crippen LogP contribution < -0.4 is 10.2 Å². The third-order valence-corrected chi connectivity index (χ3v) is 3.53. The minimum Gasteiger partial charge on any atom is -0.507 e. The van der Waals surface area contributed by atoms with Crippen LogP contribution in [0.2, 0.25) is 0 Å². The van der Waals surface area contributed by atoms with Crippen LogP contribution in [-0.4, -0.2) is 28.8 Å². The molecule has 2 rings (SSSR count). The van der Waals surface area contributed by atoms with E-state index in [1.165, 1.54) is 17.7 Å². The molecule has 0 aliphatic rings. The van der Waals surface area contributed by atoms with Gasteiger partial charge in [0.1, 0.15) is 11.5 Å². The van der Waals surface area contributed by atoms with E-state index in [-0.39, 0.29) is 23.6 Å². The van der Waals surface area contributed by atoms with E-state index in [0.717, 1.165) is 12.3 Å². The summed E-state index contributed by atoms with van der Waals surface area (Å²) in [7, 11) is 0. The van der Waals surface area contributed by atoms with Crippen molar-refractivity contribution in [2.24, 2.45) is 5.10 Å². The van der Waals surface area contributed by atoms with Crippen LogP contribution in [-0.2, 0) is 4.79 Å². The van der Waals surface area contributed by atoms with E-state index in [1.807, 2.05) is 12.1 Å². The van der Waals surface area contributed by atoms with Gasteiger partial charge in [-0.2, -0.15) is 5.10 Å². The van der Waals surface area contributed by atoms with Crippen molar-refractivity contribution < 1.29 is 19.6 Å². The van der Waals surface area contributed by atoms with Gasteiger partial charge in [-0.25, -0.2) is 5.43 Å². The molecule has 0 spiro atoms. The van der Waals surface area contributed by atoms with Crippen molar-refractivity contribution in [2.45, 2.75) is 19.8 Å². The maximum absolute atomic E-state index is 11.7. The molecule has 0 radical (unpaired) electrons. The predicted molar refractivity (Wildman–Crippen MR) is 96.5 cm³/mol. The molecule has 2 aromatic rings. The summed E-state index contributed by atoms with van der Waals surface area (Å²) in [4.78, 5) is 21.8. The Morgan fingerprint density at radius 1 is 1.31 bits per heavy atom. The van der Waals surface area contributed by atoms with Crippen molar-refractivity contribution in [3.8, 4) is 11.5 Å². The van der Waals surface area contributed by atoms with Crippen molar-refractivity contribution in [3.05, 3.63) is 63.7 Å². The number of phenolic OH excluding ortho intramolecular Hbond substituents is 1. The van der Waals surface area contributed by atoms with Crippen LogP contribution in [0.25, 0.3) is 0 Å². The number of nitro benzene ring substituents is 1. The summed E-state index contributed by atoms with van der Waals surface area (Å²) in [6, 6.07) is 10.9. The lowest BCUT2D eigenvalue weighted by atomic mass is 10.0. The number of phenols is 1. The summed E-state index contributed by atoms with van der Waals surface area (Å²) in [5.74, 6) is 0.283. The molecule has 0 saturated heterocycles. The number of hydrazone groups is 1. The average Bonchev–Trinajstić information content (AvgIpc) is 2.61. The summed E-state index contributed by atoms with van der Waals surface area (Å²) in [6.45, 7) is 3.93. The lowest BCUT2D eigenvalue weighted by molar-refractivity contribution is -0.384. The highest BCUT2D eigenvalue weighted by atomic mass is 16.6. The van der Waals surface area contributed by atoms with E-state index in [0.29, 0.717) is 11.7 Å². The fraction of sp³-hybridized carbons (Fsp3) is 0.222. The number of aromatic hydroxyl groups is 1. The molecule has 0 aliphatic heterocycles. The zero-order valence-corrected chi connectivity index (χ0v) is 14.4. The lowest BCUT2D eigenvalue weighted by Crippen LogP contribution is -2.24. The monoisotopic (exact) mass is 357 g/mol. The van der Waals surface area contributed by atoms with E-state index in [9.17, 15) is 20.0 Å². The summed E-state index contributed by atoms with van der Waals surface area (Å²) >= 11 is 0. The van der Waals surface area contributed by atoms with Gasteiger partial charge in [-0.05, 0) is 29.7 Å². The van der Waals surface area contributed by atoms with Gasteiger partial charge in [0.25, 0.3) is 11.6 Å². The van der Waals surface area contributed by atoms with Gasteiger partial charge in [0.05, 0.1) is 11.1 Å². The number of benzene rings is 2. The molecule has 0 heterocycles. The second-order valence-electron chi connectivity index (χ2n) is 5.81. The zero-order chi connectivity index (χ0) is 19.1. The summed E-state index contributed by atoms with van der Waals surface area (Å²) in [5, 5.41) is 24.0. The van der Waals surface area contributed by atoms with Crippen molar-refractivity contribution in [3.63, 3.8) is 0 Å². The number of rotatable bonds is 7. The fourth-order valence-electron chi connectivity index (χ4n) is 2.06. The molecular formula is C18H19N3O5. The maximum Gasteiger partial charge on any atom is 0.277 e. The molecule has 0 aliphatic carbocycles. The summed E-state index contributed by atoms with van der Waals surface area (Å²) in [6.07, 6.45) is 1.12. The molecule has 26 heavy (non-hydrogen) atoms. The van der Waals surface area contributed by atoms with Crippen molar-refractivity contribution in [1.29, 1.82) is 0 Å². The van der Waals surface area contributed by atoms with Crippen molar-refractivity contribution in [1.82, 2.24) is 5.43 Å². The number of ether oxygens (including phenoxy) is 1. The zero-order valence-electron chi connectivity index (χ0n) is 14.4. The highest BCUT2D eigenvalue weighted by molar-refractivity contribution is 5.86. The minimum absolute atomic E-state index is 0.115. The number of carbonyl (C=O) groups is 1. The molecule has 1 amide bonds. The topological polar surface area (TPSA) is 114 Å². The first-order chi connectivity index (χ1) is 12.4. The van der Waals surface area contributed by atoms with Gasteiger partial charge >= 0.3 is 0 Å². The number of hydrogen-bond acceptors (Lipinski definition) is 6. The largest absolute Gasteiger partial charge is 0.507 e. The first kappa shape index (κ1) is 18.9. The Kier molecular flexibility index (Phi) is 6.26. The lowest BCUT2D eigenvalue weighted by Gasteiger charge is -2.08. The second-order valence-corrected chi connectivity index (χ2v) is 5.81. The highest BCUT2D eigenvalue weighted by Crippen LogP contribution is 2.21. The molecular weight excluding hydrogens is 338 g/mol. The second kappa shape index (κ2) is 8.61. The Labute approximate surface area is 150 Å². The molecule has 8 nitrogen and oxygen atoms in total. The number of non-ortho nitro benzene ring substituents is 1. The van der Waals surface area contributed by atoms with Crippen LogP contribution in [0.3, 0.4) is 0 Å². The first-order valence-corrected chi connectivity index (χ1v) is 7.89. The number of nitrogens with one attached hydrogen (secondary N) is 1. The number of carbonyl (C=O) groups excluding carboxylic acids is 1. The molecule has 2 aromatic carbocycles. The van der Waals surface area contributed by atoms with Gasteiger partial charge in [0, 0.05) is 17.7 Å². The molecule has 0 saturated carbocycles. The third kappa shape index (κ3) is 5.30. The minimum atomic E-state index is -0.590. The van der Waals surface area contributed by atoms with Crippen molar-refractivity contribution >= 4 is 17.8 Å². The standard InChI is InChI=1S/C18H19N3O5/c1-12(2)13-3-6-16(7-4-13)26-11-18(23)20-19-10-14-9-15(21(24)25)5-8-17(14)22/h3-10,12,22H,11H2,1-2H3,(H,20,23)/b19-10-. The Morgan fingerprint density at radius 2 is 2.00 bits per heavy atom. The van der Waals surface area contributed by atoms with Gasteiger partial charge in [-0.1, -0.05) is 26.0 Å². The van der Waals surface area contributed by atoms with Gasteiger partial charge < -0.3 is 9.84 Å². The highest BCUT2D eigenvalue weighted by Gasteiger charge is 2.09. The Balaban J connectivity index is 1.87. The third-order valence-electron chi connectivity index (χ3n) is 3.53. The van der Waals surface area contributed by atoms with Crippen LogP contribution in [0.15, 0.2) is 47.6 Å². The van der Waals surface area contributed by atoms with Crippen LogP contribution in [0, 0.1) is 10.1 Å². The smallest absolute Gasteiger partial charge is 0.277 e. The van der Waals surface area contributed by atoms with Crippen LogP contribution in [0.4, 0.5) is 5.69 Å². The number of nitro groups is 1. The molecule has 8 heteroatoms. The van der Waals surface area contributed by atoms with Crippen molar-refractivity contribution in [2.75, 3.05) is 6.61 Å². The molecule has 0 unspecified atom stereocenters. The Morgan fingerprint density at radius 3 is 2.62 bits per heavy atom. The van der Waals surface area contributed by atoms with E-state index in [2.05, 4.69) is 24.4 Å². The molecule has 2 N–H and O–H groups in total. The molecule has 136 valence electrons. The summed E-state index contributed by atoms with van der Waals surface area (Å²) < 4.78 is 5.35. The molecule has 0 atom stereocenters. The first-order valence-electron chi connectivity index (χ1n) is 7.89. The van der Waals surface area contributed by atoms with Gasteiger partial charge in [-0.15, -0.1) is 0 Å². The normalized spacial score (nSPS) is 10.9. The Hall–Kier alpha value is -3.42. The van der Waals surface area contributed by atoms with Crippen LogP contribution >= 0.6 is 0 Å². The predicted octanol–water partition coefficient (Wildman–Crippen LogP) is 2.95.